The minimum absolute atomic E-state index is 0.204. The Morgan fingerprint density at radius 3 is 2.00 bits per heavy atom. The SMILES string of the molecule is CC(C)(C)OC(=O)N1CC(CC(N)=O)C1.NCCC1CN(C(=O)O)C1. The lowest BCUT2D eigenvalue weighted by atomic mass is 9.97. The van der Waals surface area contributed by atoms with Crippen molar-refractivity contribution in [2.75, 3.05) is 32.7 Å². The van der Waals surface area contributed by atoms with Crippen LogP contribution >= 0.6 is 0 Å². The average Bonchev–Trinajstić information content (AvgIpc) is 2.35. The molecule has 0 aromatic carbocycles. The second-order valence-electron chi connectivity index (χ2n) is 7.55. The summed E-state index contributed by atoms with van der Waals surface area (Å²) >= 11 is 0. The van der Waals surface area contributed by atoms with E-state index in [4.69, 9.17) is 21.3 Å². The zero-order chi connectivity index (χ0) is 19.2. The van der Waals surface area contributed by atoms with Gasteiger partial charge in [-0.25, -0.2) is 9.59 Å². The number of amides is 3. The average molecular weight is 358 g/mol. The van der Waals surface area contributed by atoms with Crippen molar-refractivity contribution >= 4 is 18.1 Å². The highest BCUT2D eigenvalue weighted by Gasteiger charge is 2.34. The van der Waals surface area contributed by atoms with Gasteiger partial charge in [-0.1, -0.05) is 0 Å². The van der Waals surface area contributed by atoms with E-state index in [-0.39, 0.29) is 17.9 Å². The predicted octanol–water partition coefficient (Wildman–Crippen LogP) is 0.674. The second-order valence-corrected chi connectivity index (χ2v) is 7.55. The molecule has 2 saturated heterocycles. The lowest BCUT2D eigenvalue weighted by molar-refractivity contribution is -0.120. The highest BCUT2D eigenvalue weighted by molar-refractivity contribution is 5.75. The van der Waals surface area contributed by atoms with E-state index in [0.717, 1.165) is 6.42 Å². The predicted molar refractivity (Wildman–Crippen MR) is 91.9 cm³/mol. The van der Waals surface area contributed by atoms with Crippen molar-refractivity contribution in [1.29, 1.82) is 0 Å². The number of primary amides is 1. The molecule has 0 aromatic rings. The van der Waals surface area contributed by atoms with Gasteiger partial charge in [-0.05, 0) is 39.7 Å². The van der Waals surface area contributed by atoms with Gasteiger partial charge < -0.3 is 31.1 Å². The Bertz CT molecular complexity index is 479. The molecule has 2 aliphatic heterocycles. The van der Waals surface area contributed by atoms with E-state index in [1.807, 2.05) is 20.8 Å². The van der Waals surface area contributed by atoms with Gasteiger partial charge in [0, 0.05) is 38.5 Å². The van der Waals surface area contributed by atoms with Gasteiger partial charge >= 0.3 is 12.2 Å². The minimum Gasteiger partial charge on any atom is -0.465 e. The summed E-state index contributed by atoms with van der Waals surface area (Å²) in [6.45, 7) is 8.62. The number of nitrogens with two attached hydrogens (primary N) is 2. The molecule has 0 aliphatic carbocycles. The molecule has 0 spiro atoms. The van der Waals surface area contributed by atoms with Gasteiger partial charge in [0.25, 0.3) is 0 Å². The van der Waals surface area contributed by atoms with Crippen molar-refractivity contribution in [2.45, 2.75) is 39.2 Å². The molecule has 2 aliphatic rings. The topological polar surface area (TPSA) is 139 Å². The maximum atomic E-state index is 11.5. The highest BCUT2D eigenvalue weighted by Crippen LogP contribution is 2.21. The zero-order valence-electron chi connectivity index (χ0n) is 15.2. The van der Waals surface area contributed by atoms with Gasteiger partial charge in [0.05, 0.1) is 0 Å². The first-order valence-electron chi connectivity index (χ1n) is 8.46. The van der Waals surface area contributed by atoms with Crippen LogP contribution in [0.4, 0.5) is 9.59 Å². The fourth-order valence-corrected chi connectivity index (χ4v) is 2.60. The number of carbonyl (C=O) groups excluding carboxylic acids is 2. The first kappa shape index (κ1) is 21.0. The first-order valence-corrected chi connectivity index (χ1v) is 8.46. The third-order valence-electron chi connectivity index (χ3n) is 3.90. The molecule has 5 N–H and O–H groups in total. The highest BCUT2D eigenvalue weighted by atomic mass is 16.6. The molecule has 25 heavy (non-hydrogen) atoms. The lowest BCUT2D eigenvalue weighted by Crippen LogP contribution is -2.52. The summed E-state index contributed by atoms with van der Waals surface area (Å²) in [7, 11) is 0. The molecule has 144 valence electrons. The number of rotatable bonds is 4. The van der Waals surface area contributed by atoms with E-state index in [1.165, 1.54) is 4.90 Å². The van der Waals surface area contributed by atoms with Gasteiger partial charge in [-0.3, -0.25) is 4.79 Å². The van der Waals surface area contributed by atoms with E-state index >= 15 is 0 Å². The fraction of sp³-hybridized carbons (Fsp3) is 0.812. The van der Waals surface area contributed by atoms with Gasteiger partial charge in [0.15, 0.2) is 0 Å². The zero-order valence-corrected chi connectivity index (χ0v) is 15.2. The minimum atomic E-state index is -0.812. The summed E-state index contributed by atoms with van der Waals surface area (Å²) in [6, 6.07) is 0. The van der Waals surface area contributed by atoms with Crippen LogP contribution in [-0.2, 0) is 9.53 Å². The van der Waals surface area contributed by atoms with E-state index in [1.54, 1.807) is 4.90 Å². The third-order valence-corrected chi connectivity index (χ3v) is 3.90. The fourth-order valence-electron chi connectivity index (χ4n) is 2.60. The van der Waals surface area contributed by atoms with Crippen LogP contribution in [-0.4, -0.2) is 71.3 Å². The summed E-state index contributed by atoms with van der Waals surface area (Å²) < 4.78 is 5.17. The Morgan fingerprint density at radius 1 is 1.08 bits per heavy atom. The molecular weight excluding hydrogens is 328 g/mol. The van der Waals surface area contributed by atoms with E-state index in [9.17, 15) is 14.4 Å². The van der Waals surface area contributed by atoms with Crippen LogP contribution in [0.15, 0.2) is 0 Å². The normalized spacial score (nSPS) is 17.8. The van der Waals surface area contributed by atoms with Crippen LogP contribution in [0, 0.1) is 11.8 Å². The van der Waals surface area contributed by atoms with Crippen molar-refractivity contribution in [3.63, 3.8) is 0 Å². The standard InChI is InChI=1S/C10H18N2O3.C6H12N2O2/c1-10(2,3)15-9(14)12-5-7(6-12)4-8(11)13;7-2-1-5-3-8(4-5)6(9)10/h7H,4-6H2,1-3H3,(H2,11,13);5H,1-4,7H2,(H,9,10). The molecule has 2 fully saturated rings. The van der Waals surface area contributed by atoms with E-state index < -0.39 is 11.7 Å². The molecule has 9 heteroatoms. The molecule has 0 unspecified atom stereocenters. The molecule has 9 nitrogen and oxygen atoms in total. The largest absolute Gasteiger partial charge is 0.465 e. The van der Waals surface area contributed by atoms with Gasteiger partial charge in [-0.2, -0.15) is 0 Å². The maximum absolute atomic E-state index is 11.5. The Kier molecular flexibility index (Phi) is 7.47. The number of nitrogens with zero attached hydrogens (tertiary/aromatic N) is 2. The monoisotopic (exact) mass is 358 g/mol. The van der Waals surface area contributed by atoms with E-state index in [2.05, 4.69) is 0 Å². The summed E-state index contributed by atoms with van der Waals surface area (Å²) in [5.41, 5.74) is 9.88. The Morgan fingerprint density at radius 2 is 1.60 bits per heavy atom. The van der Waals surface area contributed by atoms with Gasteiger partial charge in [0.1, 0.15) is 5.60 Å². The molecule has 0 radical (unpaired) electrons. The smallest absolute Gasteiger partial charge is 0.410 e. The Hall–Kier alpha value is -2.03. The number of likely N-dealkylation sites (tertiary alicyclic amines) is 2. The molecule has 0 atom stereocenters. The van der Waals surface area contributed by atoms with Crippen molar-refractivity contribution in [3.8, 4) is 0 Å². The van der Waals surface area contributed by atoms with Crippen LogP contribution in [0.25, 0.3) is 0 Å². The second kappa shape index (κ2) is 8.89. The van der Waals surface area contributed by atoms with Crippen LogP contribution in [0.5, 0.6) is 0 Å². The number of hydrogen-bond donors (Lipinski definition) is 3. The number of carbonyl (C=O) groups is 3. The molecule has 0 aromatic heterocycles. The molecular formula is C16H30N4O5. The van der Waals surface area contributed by atoms with Crippen molar-refractivity contribution in [1.82, 2.24) is 9.80 Å². The number of carboxylic acid groups (broad SMARTS) is 1. The Balaban J connectivity index is 0.000000271. The van der Waals surface area contributed by atoms with Crippen molar-refractivity contribution in [3.05, 3.63) is 0 Å². The maximum Gasteiger partial charge on any atom is 0.410 e. The molecule has 0 saturated carbocycles. The third kappa shape index (κ3) is 7.59. The van der Waals surface area contributed by atoms with Crippen LogP contribution < -0.4 is 11.5 Å². The molecule has 0 bridgehead atoms. The van der Waals surface area contributed by atoms with Gasteiger partial charge in [-0.15, -0.1) is 0 Å². The van der Waals surface area contributed by atoms with Crippen LogP contribution in [0.1, 0.15) is 33.6 Å². The van der Waals surface area contributed by atoms with E-state index in [0.29, 0.717) is 45.1 Å². The first-order chi connectivity index (χ1) is 11.5. The molecule has 3 amide bonds. The Labute approximate surface area is 148 Å². The summed E-state index contributed by atoms with van der Waals surface area (Å²) in [5, 5.41) is 8.41. The van der Waals surface area contributed by atoms with Crippen LogP contribution in [0.2, 0.25) is 0 Å². The van der Waals surface area contributed by atoms with Crippen molar-refractivity contribution < 1.29 is 24.2 Å². The molecule has 2 heterocycles. The van der Waals surface area contributed by atoms with Gasteiger partial charge in [0.2, 0.25) is 5.91 Å². The molecule has 2 rings (SSSR count). The summed E-state index contributed by atoms with van der Waals surface area (Å²) in [6.07, 6.45) is 0.166. The number of hydrogen-bond acceptors (Lipinski definition) is 5. The quantitative estimate of drug-likeness (QED) is 0.675. The summed E-state index contributed by atoms with van der Waals surface area (Å²) in [4.78, 5) is 35.3. The summed E-state index contributed by atoms with van der Waals surface area (Å²) in [5.74, 6) is 0.403. The van der Waals surface area contributed by atoms with Crippen molar-refractivity contribution in [2.24, 2.45) is 23.3 Å². The number of ether oxygens (including phenoxy) is 1. The lowest BCUT2D eigenvalue weighted by Gasteiger charge is -2.39. The van der Waals surface area contributed by atoms with Crippen LogP contribution in [0.3, 0.4) is 0 Å².